The zero-order valence-electron chi connectivity index (χ0n) is 12.9. The van der Waals surface area contributed by atoms with E-state index in [0.717, 1.165) is 12.0 Å². The molecule has 1 aromatic rings. The minimum absolute atomic E-state index is 0.0117. The number of rotatable bonds is 5. The molecule has 1 aliphatic heterocycles. The molecule has 0 radical (unpaired) electrons. The summed E-state index contributed by atoms with van der Waals surface area (Å²) in [6, 6.07) is 3.36. The summed E-state index contributed by atoms with van der Waals surface area (Å²) in [6.45, 7) is 6.23. The van der Waals surface area contributed by atoms with Crippen LogP contribution in [0.2, 0.25) is 0 Å². The van der Waals surface area contributed by atoms with Gasteiger partial charge < -0.3 is 10.2 Å². The molecular weight excluding hydrogens is 266 g/mol. The highest BCUT2D eigenvalue weighted by molar-refractivity contribution is 5.99. The quantitative estimate of drug-likeness (QED) is 0.900. The summed E-state index contributed by atoms with van der Waals surface area (Å²) in [7, 11) is 0. The van der Waals surface area contributed by atoms with Gasteiger partial charge in [-0.1, -0.05) is 20.3 Å². The third kappa shape index (κ3) is 2.91. The summed E-state index contributed by atoms with van der Waals surface area (Å²) in [5.41, 5.74) is 0.202. The van der Waals surface area contributed by atoms with E-state index in [1.54, 1.807) is 17.3 Å². The lowest BCUT2D eigenvalue weighted by molar-refractivity contribution is -0.157. The molecule has 21 heavy (non-hydrogen) atoms. The molecule has 0 saturated carbocycles. The zero-order chi connectivity index (χ0) is 15.5. The second-order valence-electron chi connectivity index (χ2n) is 5.72. The summed E-state index contributed by atoms with van der Waals surface area (Å²) >= 11 is 0. The van der Waals surface area contributed by atoms with E-state index in [4.69, 9.17) is 0 Å². The number of carbonyl (C=O) groups excluding carboxylic acids is 2. The Bertz CT molecular complexity index is 518. The van der Waals surface area contributed by atoms with Crippen molar-refractivity contribution in [3.63, 3.8) is 0 Å². The van der Waals surface area contributed by atoms with Crippen LogP contribution in [0.5, 0.6) is 0 Å². The number of nitrogens with zero attached hydrogens (tertiary/aromatic N) is 2. The molecule has 2 amide bonds. The minimum atomic E-state index is -0.787. The zero-order valence-corrected chi connectivity index (χ0v) is 12.9. The van der Waals surface area contributed by atoms with Crippen LogP contribution >= 0.6 is 0 Å². The van der Waals surface area contributed by atoms with Gasteiger partial charge in [0.15, 0.2) is 0 Å². The van der Waals surface area contributed by atoms with Crippen molar-refractivity contribution in [1.29, 1.82) is 0 Å². The number of hydrogen-bond acceptors (Lipinski definition) is 3. The fourth-order valence-electron chi connectivity index (χ4n) is 2.69. The Morgan fingerprint density at radius 2 is 1.95 bits per heavy atom. The van der Waals surface area contributed by atoms with Gasteiger partial charge in [-0.25, -0.2) is 0 Å². The predicted octanol–water partition coefficient (Wildman–Crippen LogP) is 1.88. The topological polar surface area (TPSA) is 62.3 Å². The minimum Gasteiger partial charge on any atom is -0.342 e. The standard InChI is InChI=1S/C16H23N3O2/c1-4-6-13-14(20)19(11-12-7-9-17-10-8-12)16(3,5-2)15(21)18-13/h7-10,13H,4-6,11H2,1-3H3,(H,18,21). The van der Waals surface area contributed by atoms with Gasteiger partial charge in [0.05, 0.1) is 0 Å². The Morgan fingerprint density at radius 1 is 1.29 bits per heavy atom. The SMILES string of the molecule is CCCC1NC(=O)C(C)(CC)N(Cc2ccncc2)C1=O. The van der Waals surface area contributed by atoms with E-state index in [2.05, 4.69) is 10.3 Å². The normalized spacial score (nSPS) is 25.9. The average Bonchev–Trinajstić information content (AvgIpc) is 2.50. The number of piperazine rings is 1. The molecular formula is C16H23N3O2. The van der Waals surface area contributed by atoms with Gasteiger partial charge in [-0.15, -0.1) is 0 Å². The predicted molar refractivity (Wildman–Crippen MR) is 80.3 cm³/mol. The number of hydrogen-bond donors (Lipinski definition) is 1. The lowest BCUT2D eigenvalue weighted by atomic mass is 9.89. The highest BCUT2D eigenvalue weighted by Crippen LogP contribution is 2.28. The van der Waals surface area contributed by atoms with Crippen LogP contribution in [0.4, 0.5) is 0 Å². The second kappa shape index (κ2) is 6.24. The van der Waals surface area contributed by atoms with Crippen LogP contribution in [0.3, 0.4) is 0 Å². The molecule has 2 rings (SSSR count). The van der Waals surface area contributed by atoms with Crippen molar-refractivity contribution in [3.8, 4) is 0 Å². The van der Waals surface area contributed by atoms with Crippen molar-refractivity contribution in [1.82, 2.24) is 15.2 Å². The molecule has 1 fully saturated rings. The first-order valence-corrected chi connectivity index (χ1v) is 7.54. The Hall–Kier alpha value is -1.91. The van der Waals surface area contributed by atoms with Crippen LogP contribution in [0.1, 0.15) is 45.6 Å². The summed E-state index contributed by atoms with van der Waals surface area (Å²) in [5, 5.41) is 2.88. The molecule has 0 bridgehead atoms. The fourth-order valence-corrected chi connectivity index (χ4v) is 2.69. The van der Waals surface area contributed by atoms with E-state index in [0.29, 0.717) is 19.4 Å². The van der Waals surface area contributed by atoms with Gasteiger partial charge >= 0.3 is 0 Å². The highest BCUT2D eigenvalue weighted by atomic mass is 16.2. The fraction of sp³-hybridized carbons (Fsp3) is 0.562. The third-order valence-electron chi connectivity index (χ3n) is 4.31. The van der Waals surface area contributed by atoms with Crippen LogP contribution < -0.4 is 5.32 Å². The molecule has 114 valence electrons. The van der Waals surface area contributed by atoms with Crippen molar-refractivity contribution >= 4 is 11.8 Å². The van der Waals surface area contributed by atoms with E-state index in [-0.39, 0.29) is 11.8 Å². The van der Waals surface area contributed by atoms with Crippen molar-refractivity contribution in [2.24, 2.45) is 0 Å². The molecule has 1 aromatic heterocycles. The van der Waals surface area contributed by atoms with Crippen LogP contribution in [0.15, 0.2) is 24.5 Å². The maximum Gasteiger partial charge on any atom is 0.246 e. The number of nitrogens with one attached hydrogen (secondary N) is 1. The van der Waals surface area contributed by atoms with Gasteiger partial charge in [-0.2, -0.15) is 0 Å². The molecule has 5 nitrogen and oxygen atoms in total. The molecule has 0 aliphatic carbocycles. The number of carbonyl (C=O) groups is 2. The smallest absolute Gasteiger partial charge is 0.246 e. The van der Waals surface area contributed by atoms with Crippen LogP contribution in [-0.4, -0.2) is 33.3 Å². The van der Waals surface area contributed by atoms with Gasteiger partial charge in [-0.3, -0.25) is 14.6 Å². The number of aromatic nitrogens is 1. The summed E-state index contributed by atoms with van der Waals surface area (Å²) < 4.78 is 0. The van der Waals surface area contributed by atoms with E-state index in [1.165, 1.54) is 0 Å². The van der Waals surface area contributed by atoms with E-state index < -0.39 is 11.6 Å². The van der Waals surface area contributed by atoms with Crippen molar-refractivity contribution in [3.05, 3.63) is 30.1 Å². The van der Waals surface area contributed by atoms with Gasteiger partial charge in [0, 0.05) is 18.9 Å². The molecule has 5 heteroatoms. The lowest BCUT2D eigenvalue weighted by Crippen LogP contribution is -2.68. The molecule has 2 heterocycles. The molecule has 1 saturated heterocycles. The van der Waals surface area contributed by atoms with Crippen LogP contribution in [-0.2, 0) is 16.1 Å². The summed E-state index contributed by atoms with van der Waals surface area (Å²) in [4.78, 5) is 30.9. The van der Waals surface area contributed by atoms with E-state index >= 15 is 0 Å². The van der Waals surface area contributed by atoms with Crippen LogP contribution in [0.25, 0.3) is 0 Å². The maximum absolute atomic E-state index is 12.7. The molecule has 0 aromatic carbocycles. The Labute approximate surface area is 125 Å². The van der Waals surface area contributed by atoms with Crippen molar-refractivity contribution in [2.75, 3.05) is 0 Å². The monoisotopic (exact) mass is 289 g/mol. The van der Waals surface area contributed by atoms with E-state index in [1.807, 2.05) is 32.9 Å². The van der Waals surface area contributed by atoms with Gasteiger partial charge in [-0.05, 0) is 37.5 Å². The molecule has 2 atom stereocenters. The Kier molecular flexibility index (Phi) is 4.60. The largest absolute Gasteiger partial charge is 0.342 e. The van der Waals surface area contributed by atoms with Crippen molar-refractivity contribution < 1.29 is 9.59 Å². The third-order valence-corrected chi connectivity index (χ3v) is 4.31. The van der Waals surface area contributed by atoms with Crippen molar-refractivity contribution in [2.45, 2.75) is 58.2 Å². The first-order valence-electron chi connectivity index (χ1n) is 7.54. The summed E-state index contributed by atoms with van der Waals surface area (Å²) in [5.74, 6) is -0.0466. The second-order valence-corrected chi connectivity index (χ2v) is 5.72. The van der Waals surface area contributed by atoms with Gasteiger partial charge in [0.1, 0.15) is 11.6 Å². The maximum atomic E-state index is 12.7. The molecule has 1 aliphatic rings. The molecule has 2 unspecified atom stereocenters. The van der Waals surface area contributed by atoms with Gasteiger partial charge in [0.25, 0.3) is 0 Å². The van der Waals surface area contributed by atoms with Crippen LogP contribution in [0, 0.1) is 0 Å². The highest BCUT2D eigenvalue weighted by Gasteiger charge is 2.47. The van der Waals surface area contributed by atoms with Gasteiger partial charge in [0.2, 0.25) is 11.8 Å². The molecule has 1 N–H and O–H groups in total. The molecule has 0 spiro atoms. The average molecular weight is 289 g/mol. The number of amides is 2. The number of pyridine rings is 1. The Morgan fingerprint density at radius 3 is 2.52 bits per heavy atom. The summed E-state index contributed by atoms with van der Waals surface area (Å²) in [6.07, 6.45) is 5.54. The Balaban J connectivity index is 2.30. The first-order chi connectivity index (χ1) is 10.0. The first kappa shape index (κ1) is 15.5. The van der Waals surface area contributed by atoms with E-state index in [9.17, 15) is 9.59 Å². The lowest BCUT2D eigenvalue weighted by Gasteiger charge is -2.46.